The van der Waals surface area contributed by atoms with E-state index in [1.165, 1.54) is 35.5 Å². The summed E-state index contributed by atoms with van der Waals surface area (Å²) in [6, 6.07) is 9.06. The molecule has 0 saturated carbocycles. The fraction of sp³-hybridized carbons (Fsp3) is 0.208. The number of aromatic nitrogens is 2. The number of benzene rings is 2. The van der Waals surface area contributed by atoms with Crippen molar-refractivity contribution in [3.63, 3.8) is 0 Å². The molecule has 172 valence electrons. The summed E-state index contributed by atoms with van der Waals surface area (Å²) >= 11 is 1.26. The van der Waals surface area contributed by atoms with E-state index in [2.05, 4.69) is 10.2 Å². The van der Waals surface area contributed by atoms with E-state index in [4.69, 9.17) is 9.15 Å². The number of esters is 1. The number of hydrogen-bond acceptors (Lipinski definition) is 8. The molecule has 1 aliphatic rings. The van der Waals surface area contributed by atoms with E-state index in [0.717, 1.165) is 17.5 Å². The Hall–Kier alpha value is -3.92. The number of aryl methyl sites for hydroxylation is 1. The SMILES string of the molecule is CCCc1nnc(N2C(=O)c3oc4ccc(F)cc4c(=O)c3[C@H]2c2ccc(C(=O)OC)cc2)s1. The second-order valence-electron chi connectivity index (χ2n) is 7.73. The van der Waals surface area contributed by atoms with Crippen LogP contribution in [0.2, 0.25) is 0 Å². The zero-order valence-electron chi connectivity index (χ0n) is 18.2. The van der Waals surface area contributed by atoms with Crippen LogP contribution in [0.5, 0.6) is 0 Å². The molecule has 2 aromatic heterocycles. The monoisotopic (exact) mass is 479 g/mol. The van der Waals surface area contributed by atoms with Crippen LogP contribution in [0.4, 0.5) is 9.52 Å². The van der Waals surface area contributed by atoms with Gasteiger partial charge in [-0.05, 0) is 42.3 Å². The van der Waals surface area contributed by atoms with E-state index in [1.807, 2.05) is 6.92 Å². The molecule has 0 fully saturated rings. The zero-order valence-corrected chi connectivity index (χ0v) is 19.0. The predicted molar refractivity (Wildman–Crippen MR) is 123 cm³/mol. The summed E-state index contributed by atoms with van der Waals surface area (Å²) in [5, 5.41) is 9.47. The molecule has 0 saturated heterocycles. The summed E-state index contributed by atoms with van der Waals surface area (Å²) in [4.78, 5) is 40.3. The molecule has 0 spiro atoms. The highest BCUT2D eigenvalue weighted by Gasteiger charge is 2.45. The fourth-order valence-electron chi connectivity index (χ4n) is 4.03. The maximum atomic E-state index is 13.9. The Morgan fingerprint density at radius 3 is 2.65 bits per heavy atom. The summed E-state index contributed by atoms with van der Waals surface area (Å²) < 4.78 is 24.5. The minimum Gasteiger partial charge on any atom is -0.465 e. The molecule has 10 heteroatoms. The first-order chi connectivity index (χ1) is 16.4. The van der Waals surface area contributed by atoms with Crippen LogP contribution in [0.3, 0.4) is 0 Å². The van der Waals surface area contributed by atoms with Crippen LogP contribution >= 0.6 is 11.3 Å². The van der Waals surface area contributed by atoms with Crippen molar-refractivity contribution in [2.45, 2.75) is 25.8 Å². The van der Waals surface area contributed by atoms with Crippen molar-refractivity contribution < 1.29 is 23.1 Å². The van der Waals surface area contributed by atoms with Crippen LogP contribution in [0, 0.1) is 5.82 Å². The number of ether oxygens (including phenoxy) is 1. The fourth-order valence-corrected chi connectivity index (χ4v) is 5.00. The zero-order chi connectivity index (χ0) is 24.0. The van der Waals surface area contributed by atoms with Crippen molar-refractivity contribution in [1.29, 1.82) is 0 Å². The molecule has 0 bridgehead atoms. The molecule has 4 aromatic rings. The van der Waals surface area contributed by atoms with Gasteiger partial charge in [0.15, 0.2) is 5.43 Å². The molecule has 0 N–H and O–H groups in total. The van der Waals surface area contributed by atoms with E-state index in [0.29, 0.717) is 22.7 Å². The van der Waals surface area contributed by atoms with Crippen LogP contribution in [-0.2, 0) is 11.2 Å². The summed E-state index contributed by atoms with van der Waals surface area (Å²) in [7, 11) is 1.28. The molecule has 1 atom stereocenters. The molecule has 0 aliphatic carbocycles. The lowest BCUT2D eigenvalue weighted by atomic mass is 9.97. The van der Waals surface area contributed by atoms with Gasteiger partial charge in [0.05, 0.1) is 29.7 Å². The predicted octanol–water partition coefficient (Wildman–Crippen LogP) is 4.27. The molecule has 34 heavy (non-hydrogen) atoms. The highest BCUT2D eigenvalue weighted by molar-refractivity contribution is 7.15. The Kier molecular flexibility index (Phi) is 5.45. The average molecular weight is 479 g/mol. The van der Waals surface area contributed by atoms with Gasteiger partial charge in [-0.25, -0.2) is 9.18 Å². The number of carbonyl (C=O) groups excluding carboxylic acids is 2. The Morgan fingerprint density at radius 2 is 1.94 bits per heavy atom. The number of nitrogens with zero attached hydrogens (tertiary/aromatic N) is 3. The van der Waals surface area contributed by atoms with Gasteiger partial charge in [0, 0.05) is 6.42 Å². The number of halogens is 1. The molecule has 0 radical (unpaired) electrons. The first-order valence-electron chi connectivity index (χ1n) is 10.5. The molecule has 5 rings (SSSR count). The van der Waals surface area contributed by atoms with E-state index < -0.39 is 29.2 Å². The van der Waals surface area contributed by atoms with Gasteiger partial charge in [0.25, 0.3) is 5.91 Å². The maximum absolute atomic E-state index is 13.9. The molecule has 2 aromatic carbocycles. The molecule has 3 heterocycles. The number of methoxy groups -OCH3 is 1. The number of amides is 1. The molecular formula is C24H18FN3O5S. The highest BCUT2D eigenvalue weighted by atomic mass is 32.1. The standard InChI is InChI=1S/C24H18FN3O5S/c1-3-4-17-26-27-24(34-17)28-19(12-5-7-13(8-6-12)23(31)32-2)18-20(29)15-11-14(25)9-10-16(15)33-21(18)22(28)30/h5-11,19H,3-4H2,1-2H3/t19-/m1/s1. The summed E-state index contributed by atoms with van der Waals surface area (Å²) in [6.07, 6.45) is 1.56. The molecular weight excluding hydrogens is 461 g/mol. The van der Waals surface area contributed by atoms with Gasteiger partial charge in [-0.2, -0.15) is 0 Å². The molecule has 1 aliphatic heterocycles. The first kappa shape index (κ1) is 21.9. The first-order valence-corrected chi connectivity index (χ1v) is 11.3. The summed E-state index contributed by atoms with van der Waals surface area (Å²) in [5.74, 6) is -1.77. The van der Waals surface area contributed by atoms with Gasteiger partial charge in [-0.1, -0.05) is 30.4 Å². The Labute approximate surface area is 196 Å². The van der Waals surface area contributed by atoms with E-state index in [-0.39, 0.29) is 22.3 Å². The normalized spacial score (nSPS) is 15.1. The van der Waals surface area contributed by atoms with Gasteiger partial charge in [-0.15, -0.1) is 10.2 Å². The van der Waals surface area contributed by atoms with Gasteiger partial charge in [-0.3, -0.25) is 14.5 Å². The van der Waals surface area contributed by atoms with E-state index in [9.17, 15) is 18.8 Å². The topological polar surface area (TPSA) is 103 Å². The van der Waals surface area contributed by atoms with Crippen molar-refractivity contribution in [3.8, 4) is 0 Å². The Morgan fingerprint density at radius 1 is 1.18 bits per heavy atom. The lowest BCUT2D eigenvalue weighted by Gasteiger charge is -2.22. The Balaban J connectivity index is 1.73. The van der Waals surface area contributed by atoms with Crippen LogP contribution < -0.4 is 10.3 Å². The number of hydrogen-bond donors (Lipinski definition) is 0. The van der Waals surface area contributed by atoms with Crippen LogP contribution in [-0.4, -0.2) is 29.2 Å². The average Bonchev–Trinajstić information content (AvgIpc) is 3.42. The van der Waals surface area contributed by atoms with Crippen molar-refractivity contribution in [3.05, 3.63) is 86.0 Å². The van der Waals surface area contributed by atoms with Crippen LogP contribution in [0.15, 0.2) is 51.7 Å². The van der Waals surface area contributed by atoms with Gasteiger partial charge < -0.3 is 9.15 Å². The van der Waals surface area contributed by atoms with Crippen LogP contribution in [0.25, 0.3) is 11.0 Å². The third kappa shape index (κ3) is 3.47. The molecule has 1 amide bonds. The second kappa shape index (κ2) is 8.45. The van der Waals surface area contributed by atoms with E-state index >= 15 is 0 Å². The van der Waals surface area contributed by atoms with Gasteiger partial charge in [0.1, 0.15) is 16.4 Å². The van der Waals surface area contributed by atoms with Crippen molar-refractivity contribution in [2.75, 3.05) is 12.0 Å². The van der Waals surface area contributed by atoms with Crippen LogP contribution in [0.1, 0.15) is 56.4 Å². The summed E-state index contributed by atoms with van der Waals surface area (Å²) in [6.45, 7) is 2.01. The highest BCUT2D eigenvalue weighted by Crippen LogP contribution is 2.42. The smallest absolute Gasteiger partial charge is 0.337 e. The maximum Gasteiger partial charge on any atom is 0.337 e. The quantitative estimate of drug-likeness (QED) is 0.394. The minimum absolute atomic E-state index is 0.0357. The summed E-state index contributed by atoms with van der Waals surface area (Å²) in [5.41, 5.74) is 0.559. The number of fused-ring (bicyclic) bond motifs is 2. The van der Waals surface area contributed by atoms with Gasteiger partial charge >= 0.3 is 5.97 Å². The van der Waals surface area contributed by atoms with Crippen molar-refractivity contribution in [2.24, 2.45) is 0 Å². The van der Waals surface area contributed by atoms with Crippen molar-refractivity contribution >= 4 is 39.3 Å². The molecule has 0 unspecified atom stereocenters. The van der Waals surface area contributed by atoms with Gasteiger partial charge in [0.2, 0.25) is 10.9 Å². The number of anilines is 1. The number of rotatable bonds is 5. The van der Waals surface area contributed by atoms with Crippen molar-refractivity contribution in [1.82, 2.24) is 10.2 Å². The number of carbonyl (C=O) groups is 2. The largest absolute Gasteiger partial charge is 0.465 e. The third-order valence-corrected chi connectivity index (χ3v) is 6.59. The third-order valence-electron chi connectivity index (χ3n) is 5.61. The minimum atomic E-state index is -0.888. The Bertz CT molecular complexity index is 1500. The van der Waals surface area contributed by atoms with E-state index in [1.54, 1.807) is 24.3 Å². The molecule has 8 nitrogen and oxygen atoms in total. The lowest BCUT2D eigenvalue weighted by Crippen LogP contribution is -2.29. The second-order valence-corrected chi connectivity index (χ2v) is 8.77. The lowest BCUT2D eigenvalue weighted by molar-refractivity contribution is 0.0600.